The van der Waals surface area contributed by atoms with Gasteiger partial charge in [0.1, 0.15) is 0 Å². The molecule has 0 rings (SSSR count). The van der Waals surface area contributed by atoms with Gasteiger partial charge in [-0.15, -0.1) is 0 Å². The van der Waals surface area contributed by atoms with Gasteiger partial charge in [0.15, 0.2) is 0 Å². The lowest BCUT2D eigenvalue weighted by Crippen LogP contribution is -2.28. The van der Waals surface area contributed by atoms with Crippen LogP contribution in [0, 0.1) is 5.92 Å². The number of rotatable bonds is 15. The van der Waals surface area contributed by atoms with E-state index in [1.165, 1.54) is 64.2 Å². The van der Waals surface area contributed by atoms with Crippen molar-refractivity contribution in [3.8, 4) is 0 Å². The minimum atomic E-state index is -0.295. The van der Waals surface area contributed by atoms with Crippen molar-refractivity contribution in [3.63, 3.8) is 0 Å². The van der Waals surface area contributed by atoms with Crippen molar-refractivity contribution < 1.29 is 4.79 Å². The summed E-state index contributed by atoms with van der Waals surface area (Å²) in [5.41, 5.74) is 13.4. The van der Waals surface area contributed by atoms with E-state index in [1.54, 1.807) is 0 Å². The first-order valence-corrected chi connectivity index (χ1v) is 10.2. The molecule has 0 aromatic carbocycles. The summed E-state index contributed by atoms with van der Waals surface area (Å²) in [6, 6.07) is -0.0531. The van der Waals surface area contributed by atoms with Crippen molar-refractivity contribution in [3.05, 3.63) is 11.1 Å². The van der Waals surface area contributed by atoms with E-state index < -0.39 is 0 Å². The highest BCUT2D eigenvalue weighted by molar-refractivity contribution is 5.93. The maximum atomic E-state index is 11.8. The molecular weight excluding hydrogens is 296 g/mol. The van der Waals surface area contributed by atoms with E-state index in [0.717, 1.165) is 24.0 Å². The third-order valence-corrected chi connectivity index (χ3v) is 5.17. The van der Waals surface area contributed by atoms with Gasteiger partial charge < -0.3 is 11.5 Å². The zero-order chi connectivity index (χ0) is 18.4. The molecule has 0 heterocycles. The topological polar surface area (TPSA) is 69.1 Å². The lowest BCUT2D eigenvalue weighted by atomic mass is 9.88. The van der Waals surface area contributed by atoms with Crippen LogP contribution in [-0.2, 0) is 4.79 Å². The summed E-state index contributed by atoms with van der Waals surface area (Å²) in [4.78, 5) is 11.8. The Morgan fingerprint density at radius 1 is 0.875 bits per heavy atom. The van der Waals surface area contributed by atoms with Crippen molar-refractivity contribution in [1.29, 1.82) is 0 Å². The fourth-order valence-electron chi connectivity index (χ4n) is 3.41. The number of amides is 1. The Kier molecular flexibility index (Phi) is 14.0. The lowest BCUT2D eigenvalue weighted by Gasteiger charge is -2.20. The van der Waals surface area contributed by atoms with Gasteiger partial charge >= 0.3 is 0 Å². The van der Waals surface area contributed by atoms with E-state index >= 15 is 0 Å². The Morgan fingerprint density at radius 3 is 1.75 bits per heavy atom. The Morgan fingerprint density at radius 2 is 1.33 bits per heavy atom. The number of unbranched alkanes of at least 4 members (excludes halogenated alkanes) is 9. The van der Waals surface area contributed by atoms with E-state index in [9.17, 15) is 4.79 Å². The molecule has 0 aliphatic rings. The smallest absolute Gasteiger partial charge is 0.244 e. The number of carbonyl (C=O) groups is 1. The van der Waals surface area contributed by atoms with Gasteiger partial charge in [-0.1, -0.05) is 85.0 Å². The molecule has 1 amide bonds. The van der Waals surface area contributed by atoms with E-state index in [-0.39, 0.29) is 17.9 Å². The van der Waals surface area contributed by atoms with E-state index in [1.807, 2.05) is 13.8 Å². The van der Waals surface area contributed by atoms with Crippen LogP contribution in [0.15, 0.2) is 11.1 Å². The first kappa shape index (κ1) is 23.2. The molecule has 4 N–H and O–H groups in total. The van der Waals surface area contributed by atoms with E-state index in [2.05, 4.69) is 13.8 Å². The second kappa shape index (κ2) is 14.5. The third kappa shape index (κ3) is 10.1. The molecule has 0 spiro atoms. The molecule has 24 heavy (non-hydrogen) atoms. The molecule has 0 aliphatic heterocycles. The summed E-state index contributed by atoms with van der Waals surface area (Å²) in [5, 5.41) is 0. The second-order valence-electron chi connectivity index (χ2n) is 7.35. The number of primary amides is 1. The van der Waals surface area contributed by atoms with Crippen LogP contribution in [0.1, 0.15) is 105 Å². The number of hydrogen-bond donors (Lipinski definition) is 2. The molecule has 3 heteroatoms. The quantitative estimate of drug-likeness (QED) is 0.307. The zero-order valence-electron chi connectivity index (χ0n) is 16.7. The molecule has 142 valence electrons. The van der Waals surface area contributed by atoms with E-state index in [0.29, 0.717) is 0 Å². The van der Waals surface area contributed by atoms with Crippen molar-refractivity contribution >= 4 is 5.91 Å². The van der Waals surface area contributed by atoms with Crippen LogP contribution < -0.4 is 11.5 Å². The molecule has 0 aliphatic carbocycles. The van der Waals surface area contributed by atoms with Crippen LogP contribution in [0.25, 0.3) is 0 Å². The van der Waals surface area contributed by atoms with Crippen LogP contribution in [0.4, 0.5) is 0 Å². The second-order valence-corrected chi connectivity index (χ2v) is 7.35. The Bertz CT molecular complexity index is 363. The lowest BCUT2D eigenvalue weighted by molar-refractivity contribution is -0.115. The molecular formula is C21H42N2O. The molecule has 0 bridgehead atoms. The predicted molar refractivity (Wildman–Crippen MR) is 106 cm³/mol. The predicted octanol–water partition coefficient (Wildman–Crippen LogP) is 5.47. The summed E-state index contributed by atoms with van der Waals surface area (Å²) < 4.78 is 0. The fraction of sp³-hybridized carbons (Fsp3) is 0.857. The summed E-state index contributed by atoms with van der Waals surface area (Å²) in [6.07, 6.45) is 15.2. The van der Waals surface area contributed by atoms with Gasteiger partial charge in [0.25, 0.3) is 0 Å². The normalized spacial score (nSPS) is 15.0. The van der Waals surface area contributed by atoms with Gasteiger partial charge in [0.05, 0.1) is 0 Å². The molecule has 0 aromatic rings. The van der Waals surface area contributed by atoms with Crippen molar-refractivity contribution in [1.82, 2.24) is 0 Å². The molecule has 2 unspecified atom stereocenters. The highest BCUT2D eigenvalue weighted by atomic mass is 16.1. The van der Waals surface area contributed by atoms with Gasteiger partial charge in [0, 0.05) is 11.6 Å². The maximum Gasteiger partial charge on any atom is 0.244 e. The first-order chi connectivity index (χ1) is 11.5. The van der Waals surface area contributed by atoms with Crippen LogP contribution >= 0.6 is 0 Å². The fourth-order valence-corrected chi connectivity index (χ4v) is 3.41. The minimum absolute atomic E-state index is 0.0531. The first-order valence-electron chi connectivity index (χ1n) is 10.2. The Labute approximate surface area is 150 Å². The Balaban J connectivity index is 3.98. The summed E-state index contributed by atoms with van der Waals surface area (Å²) in [5.74, 6) is -0.0786. The highest BCUT2D eigenvalue weighted by Crippen LogP contribution is 2.23. The van der Waals surface area contributed by atoms with Crippen molar-refractivity contribution in [2.24, 2.45) is 17.4 Å². The molecule has 0 saturated heterocycles. The van der Waals surface area contributed by atoms with Gasteiger partial charge in [-0.3, -0.25) is 4.79 Å². The summed E-state index contributed by atoms with van der Waals surface area (Å²) >= 11 is 0. The number of nitrogens with two attached hydrogens (primary N) is 2. The monoisotopic (exact) mass is 338 g/mol. The maximum absolute atomic E-state index is 11.8. The molecule has 2 atom stereocenters. The average Bonchev–Trinajstić information content (AvgIpc) is 2.55. The largest absolute Gasteiger partial charge is 0.366 e. The SMILES string of the molecule is CCCCCCCCCCCCC(C)/C(C(N)=O)=C(/C)C(N)CC. The highest BCUT2D eigenvalue weighted by Gasteiger charge is 2.19. The molecule has 0 radical (unpaired) electrons. The van der Waals surface area contributed by atoms with Gasteiger partial charge in [-0.2, -0.15) is 0 Å². The number of hydrogen-bond acceptors (Lipinski definition) is 2. The third-order valence-electron chi connectivity index (χ3n) is 5.17. The zero-order valence-corrected chi connectivity index (χ0v) is 16.7. The van der Waals surface area contributed by atoms with Crippen LogP contribution in [0.2, 0.25) is 0 Å². The van der Waals surface area contributed by atoms with Gasteiger partial charge in [-0.05, 0) is 31.3 Å². The molecule has 0 aromatic heterocycles. The number of carbonyl (C=O) groups excluding carboxylic acids is 1. The molecule has 0 saturated carbocycles. The summed E-state index contributed by atoms with van der Waals surface area (Å²) in [7, 11) is 0. The summed E-state index contributed by atoms with van der Waals surface area (Å²) in [6.45, 7) is 8.37. The molecule has 3 nitrogen and oxygen atoms in total. The standard InChI is InChI=1S/C21H42N2O/c1-5-7-8-9-10-11-12-13-14-15-16-17(3)20(21(23)24)18(4)19(22)6-2/h17,19H,5-16,22H2,1-4H3,(H2,23,24)/b20-18+. The van der Waals surface area contributed by atoms with E-state index in [4.69, 9.17) is 11.5 Å². The van der Waals surface area contributed by atoms with Crippen LogP contribution in [0.5, 0.6) is 0 Å². The van der Waals surface area contributed by atoms with Crippen molar-refractivity contribution in [2.75, 3.05) is 0 Å². The van der Waals surface area contributed by atoms with Gasteiger partial charge in [-0.25, -0.2) is 0 Å². The van der Waals surface area contributed by atoms with Gasteiger partial charge in [0.2, 0.25) is 5.91 Å². The van der Waals surface area contributed by atoms with Crippen molar-refractivity contribution in [2.45, 2.75) is 111 Å². The van der Waals surface area contributed by atoms with Crippen LogP contribution in [-0.4, -0.2) is 11.9 Å². The molecule has 0 fully saturated rings. The Hall–Kier alpha value is -0.830. The minimum Gasteiger partial charge on any atom is -0.366 e. The average molecular weight is 339 g/mol. The van der Waals surface area contributed by atoms with Crippen LogP contribution in [0.3, 0.4) is 0 Å².